The molecule has 0 spiro atoms. The molecule has 4 aromatic carbocycles. The van der Waals surface area contributed by atoms with E-state index in [2.05, 4.69) is 9.97 Å². The number of hydrogen-bond donors (Lipinski definition) is 0. The van der Waals surface area contributed by atoms with Crippen molar-refractivity contribution < 1.29 is 9.47 Å². The Bertz CT molecular complexity index is 1710. The van der Waals surface area contributed by atoms with Crippen LogP contribution in [-0.2, 0) is 35.8 Å². The van der Waals surface area contributed by atoms with Gasteiger partial charge in [-0.1, -0.05) is 106 Å². The zero-order valence-corrected chi connectivity index (χ0v) is 29.9. The van der Waals surface area contributed by atoms with Crippen molar-refractivity contribution in [3.63, 3.8) is 0 Å². The van der Waals surface area contributed by atoms with E-state index in [0.717, 1.165) is 22.3 Å². The van der Waals surface area contributed by atoms with Gasteiger partial charge in [-0.25, -0.2) is 9.97 Å². The predicted molar refractivity (Wildman–Crippen MR) is 195 cm³/mol. The van der Waals surface area contributed by atoms with Crippen molar-refractivity contribution in [3.8, 4) is 0 Å². The van der Waals surface area contributed by atoms with Crippen molar-refractivity contribution in [2.75, 3.05) is 0 Å². The number of rotatable bonds is 12. The molecule has 6 aromatic rings. The maximum Gasteiger partial charge on any atom is 0.102 e. The molecule has 0 radical (unpaired) electrons. The van der Waals surface area contributed by atoms with Crippen LogP contribution in [0.25, 0.3) is 0 Å². The van der Waals surface area contributed by atoms with Crippen molar-refractivity contribution in [2.45, 2.75) is 38.5 Å². The van der Waals surface area contributed by atoms with Gasteiger partial charge in [0, 0.05) is 66.1 Å². The lowest BCUT2D eigenvalue weighted by atomic mass is 10.1. The second-order valence-electron chi connectivity index (χ2n) is 10.7. The Morgan fingerprint density at radius 3 is 1.21 bits per heavy atom. The number of imidazole rings is 2. The molecule has 48 heavy (non-hydrogen) atoms. The molecule has 0 saturated carbocycles. The highest BCUT2D eigenvalue weighted by molar-refractivity contribution is 6.35. The Morgan fingerprint density at radius 1 is 0.500 bits per heavy atom. The van der Waals surface area contributed by atoms with Crippen LogP contribution in [-0.4, -0.2) is 19.1 Å². The Hall–Kier alpha value is -3.04. The van der Waals surface area contributed by atoms with Crippen LogP contribution < -0.4 is 0 Å². The van der Waals surface area contributed by atoms with Gasteiger partial charge in [-0.15, -0.1) is 0 Å². The normalized spacial score (nSPS) is 12.3. The molecule has 2 heterocycles. The van der Waals surface area contributed by atoms with Crippen molar-refractivity contribution in [1.82, 2.24) is 19.1 Å². The standard InChI is InChI=1S/2C18H15Cl3N2O/c2*19-14-3-1-13(2-4-14)11-24-18(10-23-8-7-22-12-23)16-6-5-15(20)9-17(16)21/h2*1-9,12,18H,10-11H2/t18-;/m0./s1. The maximum absolute atomic E-state index is 6.36. The number of halogens is 6. The molecule has 2 aromatic heterocycles. The summed E-state index contributed by atoms with van der Waals surface area (Å²) in [7, 11) is 0. The lowest BCUT2D eigenvalue weighted by Crippen LogP contribution is -2.12. The molecule has 6 nitrogen and oxygen atoms in total. The van der Waals surface area contributed by atoms with Crippen LogP contribution in [0.3, 0.4) is 0 Å². The van der Waals surface area contributed by atoms with E-state index in [9.17, 15) is 0 Å². The minimum Gasteiger partial charge on any atom is -0.367 e. The first-order chi connectivity index (χ1) is 23.2. The van der Waals surface area contributed by atoms with Gasteiger partial charge in [0.25, 0.3) is 0 Å². The third kappa shape index (κ3) is 11.0. The van der Waals surface area contributed by atoms with Gasteiger partial charge in [0.15, 0.2) is 0 Å². The Balaban J connectivity index is 0.000000188. The molecular formula is C36H30Cl6N4O2. The number of nitrogens with zero attached hydrogens (tertiary/aromatic N) is 4. The highest BCUT2D eigenvalue weighted by atomic mass is 35.5. The average molecular weight is 763 g/mol. The summed E-state index contributed by atoms with van der Waals surface area (Å²) in [6.45, 7) is 2.12. The molecule has 0 aliphatic heterocycles. The van der Waals surface area contributed by atoms with Gasteiger partial charge >= 0.3 is 0 Å². The molecule has 2 atom stereocenters. The molecule has 248 valence electrons. The van der Waals surface area contributed by atoms with Gasteiger partial charge in [0.1, 0.15) is 12.2 Å². The molecule has 0 aliphatic rings. The van der Waals surface area contributed by atoms with Gasteiger partial charge in [0.05, 0.1) is 39.0 Å². The molecule has 0 bridgehead atoms. The maximum atomic E-state index is 6.36. The number of hydrogen-bond acceptors (Lipinski definition) is 4. The minimum atomic E-state index is -0.223. The van der Waals surface area contributed by atoms with Crippen LogP contribution in [0.1, 0.15) is 34.5 Å². The fourth-order valence-corrected chi connectivity index (χ4v) is 6.05. The number of aromatic nitrogens is 4. The van der Waals surface area contributed by atoms with Crippen LogP contribution in [0.4, 0.5) is 0 Å². The Labute approximate surface area is 309 Å². The molecule has 1 unspecified atom stereocenters. The Morgan fingerprint density at radius 2 is 0.875 bits per heavy atom. The van der Waals surface area contributed by atoms with Crippen LogP contribution >= 0.6 is 69.6 Å². The van der Waals surface area contributed by atoms with Crippen molar-refractivity contribution >= 4 is 69.6 Å². The number of benzene rings is 4. The second kappa shape index (κ2) is 18.1. The van der Waals surface area contributed by atoms with E-state index in [0.29, 0.717) is 56.4 Å². The lowest BCUT2D eigenvalue weighted by Gasteiger charge is -2.20. The summed E-state index contributed by atoms with van der Waals surface area (Å²) in [5.74, 6) is 0. The summed E-state index contributed by atoms with van der Waals surface area (Å²) in [6.07, 6.45) is 10.3. The quantitative estimate of drug-likeness (QED) is 0.125. The largest absolute Gasteiger partial charge is 0.367 e. The van der Waals surface area contributed by atoms with Gasteiger partial charge in [-0.3, -0.25) is 0 Å². The predicted octanol–water partition coefficient (Wildman–Crippen LogP) is 11.6. The molecule has 6 rings (SSSR count). The van der Waals surface area contributed by atoms with E-state index in [-0.39, 0.29) is 12.2 Å². The number of ether oxygens (including phenoxy) is 2. The van der Waals surface area contributed by atoms with Crippen LogP contribution in [0.2, 0.25) is 30.1 Å². The molecule has 0 fully saturated rings. The third-order valence-corrected chi connectivity index (χ3v) is 8.85. The summed E-state index contributed by atoms with van der Waals surface area (Å²) >= 11 is 36.6. The lowest BCUT2D eigenvalue weighted by molar-refractivity contribution is 0.0279. The van der Waals surface area contributed by atoms with E-state index in [1.807, 2.05) is 94.3 Å². The highest BCUT2D eigenvalue weighted by Gasteiger charge is 2.18. The van der Waals surface area contributed by atoms with Gasteiger partial charge in [-0.05, 0) is 59.7 Å². The molecular weight excluding hydrogens is 733 g/mol. The first-order valence-corrected chi connectivity index (χ1v) is 17.0. The third-order valence-electron chi connectivity index (χ3n) is 7.22. The summed E-state index contributed by atoms with van der Waals surface area (Å²) in [6, 6.07) is 26.0. The summed E-state index contributed by atoms with van der Waals surface area (Å²) < 4.78 is 16.2. The summed E-state index contributed by atoms with van der Waals surface area (Å²) in [5.41, 5.74) is 3.87. The fourth-order valence-electron chi connectivity index (χ4n) is 4.73. The smallest absolute Gasteiger partial charge is 0.102 e. The monoisotopic (exact) mass is 760 g/mol. The van der Waals surface area contributed by atoms with Gasteiger partial charge < -0.3 is 18.6 Å². The minimum absolute atomic E-state index is 0.223. The van der Waals surface area contributed by atoms with Crippen LogP contribution in [0, 0.1) is 0 Å². The van der Waals surface area contributed by atoms with Gasteiger partial charge in [-0.2, -0.15) is 0 Å². The van der Waals surface area contributed by atoms with E-state index in [1.165, 1.54) is 0 Å². The van der Waals surface area contributed by atoms with Crippen LogP contribution in [0.5, 0.6) is 0 Å². The van der Waals surface area contributed by atoms with Crippen molar-refractivity contribution in [2.24, 2.45) is 0 Å². The SMILES string of the molecule is Clc1ccc(COC(Cn2ccnc2)c2ccc(Cl)cc2Cl)cc1.Clc1ccc(CO[C@@H](Cn2ccnc2)c2ccc(Cl)cc2Cl)cc1. The van der Waals surface area contributed by atoms with Crippen molar-refractivity contribution in [1.29, 1.82) is 0 Å². The van der Waals surface area contributed by atoms with E-state index >= 15 is 0 Å². The highest BCUT2D eigenvalue weighted by Crippen LogP contribution is 2.32. The Kier molecular flexibility index (Phi) is 13.7. The zero-order chi connectivity index (χ0) is 33.9. The average Bonchev–Trinajstić information content (AvgIpc) is 3.78. The van der Waals surface area contributed by atoms with Gasteiger partial charge in [0.2, 0.25) is 0 Å². The van der Waals surface area contributed by atoms with E-state index < -0.39 is 0 Å². The topological polar surface area (TPSA) is 54.1 Å². The molecule has 0 aliphatic carbocycles. The molecule has 0 saturated heterocycles. The molecule has 0 N–H and O–H groups in total. The van der Waals surface area contributed by atoms with Crippen molar-refractivity contribution in [3.05, 3.63) is 175 Å². The molecule has 0 amide bonds. The van der Waals surface area contributed by atoms with Crippen LogP contribution in [0.15, 0.2) is 122 Å². The second-order valence-corrected chi connectivity index (χ2v) is 13.3. The van der Waals surface area contributed by atoms with E-state index in [1.54, 1.807) is 37.2 Å². The fraction of sp³-hybridized carbons (Fsp3) is 0.167. The summed E-state index contributed by atoms with van der Waals surface area (Å²) in [4.78, 5) is 8.14. The molecule has 12 heteroatoms. The first kappa shape index (κ1) is 36.2. The van der Waals surface area contributed by atoms with E-state index in [4.69, 9.17) is 79.1 Å². The summed E-state index contributed by atoms with van der Waals surface area (Å²) in [5, 5.41) is 3.78. The zero-order valence-electron chi connectivity index (χ0n) is 25.4. The first-order valence-electron chi connectivity index (χ1n) is 14.8.